The van der Waals surface area contributed by atoms with Crippen LogP contribution in [0.3, 0.4) is 0 Å². The Balaban J connectivity index is 3.39. The van der Waals surface area contributed by atoms with Gasteiger partial charge in [0, 0.05) is 0 Å². The second-order valence-corrected chi connectivity index (χ2v) is 2.80. The van der Waals surface area contributed by atoms with Gasteiger partial charge >= 0.3 is 5.97 Å². The molecule has 0 unspecified atom stereocenters. The molecule has 0 aliphatic heterocycles. The van der Waals surface area contributed by atoms with Crippen LogP contribution in [0.15, 0.2) is 6.07 Å². The maximum Gasteiger partial charge on any atom is 0.337 e. The van der Waals surface area contributed by atoms with E-state index in [2.05, 4.69) is 4.98 Å². The Labute approximate surface area is 82.3 Å². The number of aromatic nitrogens is 1. The van der Waals surface area contributed by atoms with Gasteiger partial charge in [-0.2, -0.15) is 0 Å². The highest BCUT2D eigenvalue weighted by molar-refractivity contribution is 6.33. The molecule has 1 rings (SSSR count). The van der Waals surface area contributed by atoms with Crippen LogP contribution in [0.4, 0.5) is 14.6 Å². The number of pyridine rings is 1. The topological polar surface area (TPSA) is 76.2 Å². The van der Waals surface area contributed by atoms with E-state index in [-0.39, 0.29) is 10.8 Å². The van der Waals surface area contributed by atoms with Crippen LogP contribution in [-0.4, -0.2) is 16.1 Å². The van der Waals surface area contributed by atoms with Crippen molar-refractivity contribution in [2.24, 2.45) is 0 Å². The van der Waals surface area contributed by atoms with Crippen molar-refractivity contribution in [3.05, 3.63) is 22.3 Å². The van der Waals surface area contributed by atoms with Crippen LogP contribution < -0.4 is 5.73 Å². The van der Waals surface area contributed by atoms with E-state index in [0.717, 1.165) is 6.07 Å². The van der Waals surface area contributed by atoms with Crippen LogP contribution in [0.25, 0.3) is 0 Å². The Bertz CT molecular complexity index is 384. The molecule has 0 bridgehead atoms. The summed E-state index contributed by atoms with van der Waals surface area (Å²) in [7, 11) is 0. The van der Waals surface area contributed by atoms with Crippen molar-refractivity contribution in [1.29, 1.82) is 0 Å². The summed E-state index contributed by atoms with van der Waals surface area (Å²) >= 11 is 5.44. The van der Waals surface area contributed by atoms with Gasteiger partial charge < -0.3 is 10.8 Å². The van der Waals surface area contributed by atoms with Crippen LogP contribution >= 0.6 is 11.6 Å². The molecule has 1 aromatic heterocycles. The van der Waals surface area contributed by atoms with Crippen molar-refractivity contribution < 1.29 is 18.7 Å². The summed E-state index contributed by atoms with van der Waals surface area (Å²) in [6.07, 6.45) is -3.00. The number of alkyl halides is 2. The van der Waals surface area contributed by atoms with Gasteiger partial charge in [-0.3, -0.25) is 0 Å². The van der Waals surface area contributed by atoms with Gasteiger partial charge in [-0.05, 0) is 6.07 Å². The number of halogens is 3. The number of hydrogen-bond donors (Lipinski definition) is 2. The van der Waals surface area contributed by atoms with Gasteiger partial charge in [0.2, 0.25) is 0 Å². The molecular formula is C7H5ClF2N2O2. The van der Waals surface area contributed by atoms with Crippen LogP contribution in [0.2, 0.25) is 5.02 Å². The van der Waals surface area contributed by atoms with Crippen molar-refractivity contribution in [3.8, 4) is 0 Å². The summed E-state index contributed by atoms with van der Waals surface area (Å²) in [5.41, 5.74) is 3.64. The van der Waals surface area contributed by atoms with E-state index in [1.54, 1.807) is 0 Å². The molecule has 0 aromatic carbocycles. The molecule has 1 heterocycles. The lowest BCUT2D eigenvalue weighted by atomic mass is 10.2. The Kier molecular flexibility index (Phi) is 2.85. The number of carboxylic acids is 1. The predicted octanol–water partition coefficient (Wildman–Crippen LogP) is 1.95. The molecule has 0 aliphatic rings. The Morgan fingerprint density at radius 1 is 1.64 bits per heavy atom. The molecule has 4 nitrogen and oxygen atoms in total. The molecule has 0 saturated carbocycles. The summed E-state index contributed by atoms with van der Waals surface area (Å²) in [5, 5.41) is 8.40. The monoisotopic (exact) mass is 222 g/mol. The average Bonchev–Trinajstić information content (AvgIpc) is 2.08. The quantitative estimate of drug-likeness (QED) is 0.802. The van der Waals surface area contributed by atoms with Crippen LogP contribution in [0.5, 0.6) is 0 Å². The van der Waals surface area contributed by atoms with E-state index >= 15 is 0 Å². The molecule has 76 valence electrons. The van der Waals surface area contributed by atoms with Crippen molar-refractivity contribution in [2.45, 2.75) is 6.43 Å². The molecule has 14 heavy (non-hydrogen) atoms. The average molecular weight is 223 g/mol. The van der Waals surface area contributed by atoms with Crippen molar-refractivity contribution in [2.75, 3.05) is 5.73 Å². The van der Waals surface area contributed by atoms with E-state index < -0.39 is 23.7 Å². The minimum Gasteiger partial charge on any atom is -0.478 e. The smallest absolute Gasteiger partial charge is 0.337 e. The minimum absolute atomic E-state index is 0.160. The summed E-state index contributed by atoms with van der Waals surface area (Å²) in [6.45, 7) is 0. The van der Waals surface area contributed by atoms with Gasteiger partial charge in [0.15, 0.2) is 0 Å². The third kappa shape index (κ3) is 1.90. The van der Waals surface area contributed by atoms with Crippen molar-refractivity contribution in [1.82, 2.24) is 4.98 Å². The van der Waals surface area contributed by atoms with E-state index in [1.165, 1.54) is 0 Å². The number of hydrogen-bond acceptors (Lipinski definition) is 3. The Hall–Kier alpha value is -1.43. The Morgan fingerprint density at radius 3 is 2.64 bits per heavy atom. The first-order valence-corrected chi connectivity index (χ1v) is 3.78. The van der Waals surface area contributed by atoms with Gasteiger partial charge in [0.05, 0.1) is 10.6 Å². The van der Waals surface area contributed by atoms with Gasteiger partial charge in [-0.15, -0.1) is 0 Å². The van der Waals surface area contributed by atoms with Crippen molar-refractivity contribution in [3.63, 3.8) is 0 Å². The maximum atomic E-state index is 12.3. The number of nitrogen functional groups attached to an aromatic ring is 1. The third-order valence-electron chi connectivity index (χ3n) is 1.47. The van der Waals surface area contributed by atoms with E-state index in [9.17, 15) is 13.6 Å². The van der Waals surface area contributed by atoms with Gasteiger partial charge in [-0.25, -0.2) is 18.6 Å². The fourth-order valence-electron chi connectivity index (χ4n) is 0.856. The predicted molar refractivity (Wildman–Crippen MR) is 45.6 cm³/mol. The molecule has 3 N–H and O–H groups in total. The molecule has 0 atom stereocenters. The summed E-state index contributed by atoms with van der Waals surface area (Å²) in [4.78, 5) is 13.7. The summed E-state index contributed by atoms with van der Waals surface area (Å²) in [6, 6.07) is 0.855. The zero-order valence-corrected chi connectivity index (χ0v) is 7.42. The zero-order valence-electron chi connectivity index (χ0n) is 6.67. The van der Waals surface area contributed by atoms with Crippen molar-refractivity contribution >= 4 is 23.4 Å². The minimum atomic E-state index is -3.00. The number of anilines is 1. The largest absolute Gasteiger partial charge is 0.478 e. The van der Waals surface area contributed by atoms with Crippen LogP contribution in [0, 0.1) is 0 Å². The first-order chi connectivity index (χ1) is 6.43. The lowest BCUT2D eigenvalue weighted by Gasteiger charge is -2.06. The zero-order chi connectivity index (χ0) is 10.9. The first-order valence-electron chi connectivity index (χ1n) is 3.41. The van der Waals surface area contributed by atoms with Gasteiger partial charge in [-0.1, -0.05) is 11.6 Å². The lowest BCUT2D eigenvalue weighted by molar-refractivity contribution is 0.0682. The fraction of sp³-hybridized carbons (Fsp3) is 0.143. The standard InChI is InChI=1S/C7H5ClF2N2O2/c8-3-1-2(7(13)14)4(5(9)10)12-6(3)11/h1,5H,(H2,11,12)(H,13,14). The summed E-state index contributed by atoms with van der Waals surface area (Å²) < 4.78 is 24.6. The molecule has 0 aliphatic carbocycles. The van der Waals surface area contributed by atoms with Gasteiger partial charge in [0.25, 0.3) is 6.43 Å². The molecule has 1 aromatic rings. The van der Waals surface area contributed by atoms with E-state index in [1.807, 2.05) is 0 Å². The number of nitrogens with two attached hydrogens (primary N) is 1. The molecule has 0 amide bonds. The second-order valence-electron chi connectivity index (χ2n) is 2.39. The fourth-order valence-corrected chi connectivity index (χ4v) is 1.01. The SMILES string of the molecule is Nc1nc(C(F)F)c(C(=O)O)cc1Cl. The van der Waals surface area contributed by atoms with Crippen LogP contribution in [-0.2, 0) is 0 Å². The highest BCUT2D eigenvalue weighted by Gasteiger charge is 2.21. The molecule has 7 heteroatoms. The molecular weight excluding hydrogens is 218 g/mol. The number of aromatic carboxylic acids is 1. The highest BCUT2D eigenvalue weighted by Crippen LogP contribution is 2.26. The van der Waals surface area contributed by atoms with Crippen LogP contribution in [0.1, 0.15) is 22.5 Å². The number of carbonyl (C=O) groups is 1. The van der Waals surface area contributed by atoms with E-state index in [0.29, 0.717) is 0 Å². The normalized spacial score (nSPS) is 10.6. The molecule has 0 fully saturated rings. The lowest BCUT2D eigenvalue weighted by Crippen LogP contribution is -2.07. The Morgan fingerprint density at radius 2 is 2.21 bits per heavy atom. The molecule has 0 saturated heterocycles. The maximum absolute atomic E-state index is 12.3. The molecule has 0 radical (unpaired) electrons. The second kappa shape index (κ2) is 3.75. The first kappa shape index (κ1) is 10.6. The highest BCUT2D eigenvalue weighted by atomic mass is 35.5. The number of rotatable bonds is 2. The third-order valence-corrected chi connectivity index (χ3v) is 1.77. The number of carboxylic acid groups (broad SMARTS) is 1. The summed E-state index contributed by atoms with van der Waals surface area (Å²) in [5.74, 6) is -1.83. The number of nitrogens with zero attached hydrogens (tertiary/aromatic N) is 1. The van der Waals surface area contributed by atoms with E-state index in [4.69, 9.17) is 22.4 Å². The molecule has 0 spiro atoms. The van der Waals surface area contributed by atoms with Gasteiger partial charge in [0.1, 0.15) is 11.5 Å².